The molecule has 19 heavy (non-hydrogen) atoms. The number of aromatic nitrogens is 1. The van der Waals surface area contributed by atoms with Crippen molar-refractivity contribution in [3.05, 3.63) is 41.3 Å². The lowest BCUT2D eigenvalue weighted by molar-refractivity contribution is -0.137. The fourth-order valence-electron chi connectivity index (χ4n) is 1.41. The van der Waals surface area contributed by atoms with E-state index < -0.39 is 17.3 Å². The van der Waals surface area contributed by atoms with E-state index in [4.69, 9.17) is 9.68 Å². The summed E-state index contributed by atoms with van der Waals surface area (Å²) in [5.41, 5.74) is -0.682. The first kappa shape index (κ1) is 13.5. The number of nitriles is 1. The van der Waals surface area contributed by atoms with Crippen LogP contribution in [0.2, 0.25) is 0 Å². The van der Waals surface area contributed by atoms with Gasteiger partial charge in [-0.25, -0.2) is 4.98 Å². The van der Waals surface area contributed by atoms with Crippen molar-refractivity contribution in [1.29, 1.82) is 5.26 Å². The molecule has 0 aliphatic rings. The molecule has 0 amide bonds. The van der Waals surface area contributed by atoms with Gasteiger partial charge in [-0.3, -0.25) is 0 Å². The van der Waals surface area contributed by atoms with Crippen LogP contribution in [0, 0.1) is 18.3 Å². The van der Waals surface area contributed by atoms with Crippen LogP contribution in [0.4, 0.5) is 13.2 Å². The van der Waals surface area contributed by atoms with Gasteiger partial charge in [-0.1, -0.05) is 0 Å². The number of hydrogen-bond acceptors (Lipinski definition) is 4. The van der Waals surface area contributed by atoms with E-state index in [2.05, 4.69) is 4.98 Å². The summed E-state index contributed by atoms with van der Waals surface area (Å²) < 4.78 is 42.9. The quantitative estimate of drug-likeness (QED) is 0.835. The molecule has 0 atom stereocenters. The van der Waals surface area contributed by atoms with Crippen molar-refractivity contribution in [3.8, 4) is 6.07 Å². The summed E-state index contributed by atoms with van der Waals surface area (Å²) in [5.74, 6) is 0. The maximum atomic E-state index is 12.6. The maximum Gasteiger partial charge on any atom is 0.417 e. The average molecular weight is 284 g/mol. The van der Waals surface area contributed by atoms with Crippen molar-refractivity contribution < 1.29 is 17.6 Å². The fourth-order valence-corrected chi connectivity index (χ4v) is 2.21. The Hall–Kier alpha value is -1.94. The molecule has 0 fully saturated rings. The first-order chi connectivity index (χ1) is 8.90. The van der Waals surface area contributed by atoms with E-state index in [9.17, 15) is 13.2 Å². The molecule has 1 heterocycles. The van der Waals surface area contributed by atoms with Gasteiger partial charge in [-0.15, -0.1) is 0 Å². The number of hydrogen-bond donors (Lipinski definition) is 0. The van der Waals surface area contributed by atoms with Gasteiger partial charge in [-0.05, 0) is 36.9 Å². The van der Waals surface area contributed by atoms with Crippen molar-refractivity contribution in [2.45, 2.75) is 23.2 Å². The molecule has 1 aromatic heterocycles. The third kappa shape index (κ3) is 3.09. The predicted octanol–water partition coefficient (Wildman–Crippen LogP) is 4.02. The van der Waals surface area contributed by atoms with Gasteiger partial charge in [-0.2, -0.15) is 18.4 Å². The highest BCUT2D eigenvalue weighted by molar-refractivity contribution is 7.99. The van der Waals surface area contributed by atoms with Gasteiger partial charge in [0.1, 0.15) is 6.26 Å². The van der Waals surface area contributed by atoms with Gasteiger partial charge < -0.3 is 4.42 Å². The molecular weight excluding hydrogens is 277 g/mol. The first-order valence-corrected chi connectivity index (χ1v) is 5.93. The standard InChI is InChI=1S/C12H7F3N2OS/c1-7-6-18-11(17-7)19-9-2-3-10(12(13,14)15)8(4-9)5-16/h2-4,6H,1H3. The second kappa shape index (κ2) is 4.97. The molecule has 0 aliphatic heterocycles. The highest BCUT2D eigenvalue weighted by Gasteiger charge is 2.33. The highest BCUT2D eigenvalue weighted by Crippen LogP contribution is 2.35. The Balaban J connectivity index is 2.32. The molecule has 0 radical (unpaired) electrons. The minimum absolute atomic E-state index is 0.321. The maximum absolute atomic E-state index is 12.6. The number of alkyl halides is 3. The lowest BCUT2D eigenvalue weighted by Crippen LogP contribution is -2.07. The monoisotopic (exact) mass is 284 g/mol. The van der Waals surface area contributed by atoms with Crippen molar-refractivity contribution in [3.63, 3.8) is 0 Å². The van der Waals surface area contributed by atoms with Crippen LogP contribution in [-0.4, -0.2) is 4.98 Å². The van der Waals surface area contributed by atoms with Gasteiger partial charge in [0.05, 0.1) is 22.9 Å². The topological polar surface area (TPSA) is 49.8 Å². The number of rotatable bonds is 2. The Morgan fingerprint density at radius 3 is 2.63 bits per heavy atom. The molecule has 98 valence electrons. The molecule has 0 unspecified atom stereocenters. The van der Waals surface area contributed by atoms with E-state index in [-0.39, 0.29) is 0 Å². The number of oxazole rings is 1. The summed E-state index contributed by atoms with van der Waals surface area (Å²) in [6.45, 7) is 1.74. The van der Waals surface area contributed by atoms with E-state index in [0.717, 1.165) is 17.8 Å². The van der Waals surface area contributed by atoms with Gasteiger partial charge in [0.15, 0.2) is 0 Å². The van der Waals surface area contributed by atoms with Crippen LogP contribution in [0.1, 0.15) is 16.8 Å². The Morgan fingerprint density at radius 1 is 1.37 bits per heavy atom. The van der Waals surface area contributed by atoms with E-state index >= 15 is 0 Å². The number of nitrogens with zero attached hydrogens (tertiary/aromatic N) is 2. The first-order valence-electron chi connectivity index (χ1n) is 5.11. The molecule has 1 aromatic carbocycles. The minimum Gasteiger partial charge on any atom is -0.439 e. The summed E-state index contributed by atoms with van der Waals surface area (Å²) in [4.78, 5) is 4.49. The third-order valence-electron chi connectivity index (χ3n) is 2.22. The number of halogens is 3. The van der Waals surface area contributed by atoms with E-state index in [1.165, 1.54) is 18.4 Å². The van der Waals surface area contributed by atoms with Gasteiger partial charge >= 0.3 is 6.18 Å². The second-order valence-electron chi connectivity index (χ2n) is 3.67. The average Bonchev–Trinajstić information content (AvgIpc) is 2.73. The van der Waals surface area contributed by atoms with Crippen molar-refractivity contribution >= 4 is 11.8 Å². The SMILES string of the molecule is Cc1coc(Sc2ccc(C(F)(F)F)c(C#N)c2)n1. The Morgan fingerprint density at radius 2 is 2.11 bits per heavy atom. The van der Waals surface area contributed by atoms with Crippen LogP contribution >= 0.6 is 11.8 Å². The van der Waals surface area contributed by atoms with Crippen LogP contribution in [0.3, 0.4) is 0 Å². The zero-order valence-electron chi connectivity index (χ0n) is 9.65. The third-order valence-corrected chi connectivity index (χ3v) is 3.07. The molecule has 2 aromatic rings. The molecular formula is C12H7F3N2OS. The van der Waals surface area contributed by atoms with Gasteiger partial charge in [0, 0.05) is 4.90 Å². The zero-order chi connectivity index (χ0) is 14.0. The van der Waals surface area contributed by atoms with Crippen LogP contribution in [0.15, 0.2) is 39.0 Å². The second-order valence-corrected chi connectivity index (χ2v) is 4.70. The molecule has 0 saturated heterocycles. The molecule has 0 saturated carbocycles. The largest absolute Gasteiger partial charge is 0.439 e. The van der Waals surface area contributed by atoms with E-state index in [1.807, 2.05) is 0 Å². The van der Waals surface area contributed by atoms with E-state index in [1.54, 1.807) is 13.0 Å². The molecule has 0 spiro atoms. The van der Waals surface area contributed by atoms with Crippen LogP contribution in [-0.2, 0) is 6.18 Å². The van der Waals surface area contributed by atoms with Gasteiger partial charge in [0.2, 0.25) is 0 Å². The van der Waals surface area contributed by atoms with Crippen LogP contribution in [0.25, 0.3) is 0 Å². The summed E-state index contributed by atoms with van der Waals surface area (Å²) in [6.07, 6.45) is -3.09. The Kier molecular flexibility index (Phi) is 3.53. The Labute approximate surface area is 111 Å². The van der Waals surface area contributed by atoms with Gasteiger partial charge in [0.25, 0.3) is 5.22 Å². The minimum atomic E-state index is -4.53. The normalized spacial score (nSPS) is 11.3. The molecule has 7 heteroatoms. The summed E-state index contributed by atoms with van der Waals surface area (Å²) in [7, 11) is 0. The molecule has 2 rings (SSSR count). The highest BCUT2D eigenvalue weighted by atomic mass is 32.2. The summed E-state index contributed by atoms with van der Waals surface area (Å²) >= 11 is 1.06. The predicted molar refractivity (Wildman–Crippen MR) is 61.5 cm³/mol. The lowest BCUT2D eigenvalue weighted by Gasteiger charge is -2.09. The van der Waals surface area contributed by atoms with E-state index in [0.29, 0.717) is 15.8 Å². The molecule has 3 nitrogen and oxygen atoms in total. The van der Waals surface area contributed by atoms with Crippen molar-refractivity contribution in [1.82, 2.24) is 4.98 Å². The van der Waals surface area contributed by atoms with Crippen LogP contribution < -0.4 is 0 Å². The van der Waals surface area contributed by atoms with Crippen LogP contribution in [0.5, 0.6) is 0 Å². The summed E-state index contributed by atoms with van der Waals surface area (Å²) in [5, 5.41) is 9.10. The smallest absolute Gasteiger partial charge is 0.417 e. The summed E-state index contributed by atoms with van der Waals surface area (Å²) in [6, 6.07) is 4.89. The molecule has 0 N–H and O–H groups in total. The Bertz CT molecular complexity index is 643. The number of benzene rings is 1. The zero-order valence-corrected chi connectivity index (χ0v) is 10.5. The number of aryl methyl sites for hydroxylation is 1. The molecule has 0 aliphatic carbocycles. The molecule has 0 bridgehead atoms. The van der Waals surface area contributed by atoms with Crippen molar-refractivity contribution in [2.24, 2.45) is 0 Å². The fraction of sp³-hybridized carbons (Fsp3) is 0.167. The van der Waals surface area contributed by atoms with Crippen molar-refractivity contribution in [2.75, 3.05) is 0 Å². The lowest BCUT2D eigenvalue weighted by atomic mass is 10.1.